The SMILES string of the molecule is COC(=O)CCCCCNC(=O)Cc1ccc(OC)cc1. The number of carbonyl (C=O) groups excluding carboxylic acids is 2. The third-order valence-electron chi connectivity index (χ3n) is 3.13. The van der Waals surface area contributed by atoms with Gasteiger partial charge in [0.15, 0.2) is 0 Å². The highest BCUT2D eigenvalue weighted by molar-refractivity contribution is 5.78. The molecule has 0 spiro atoms. The normalized spacial score (nSPS) is 10.0. The summed E-state index contributed by atoms with van der Waals surface area (Å²) in [5.41, 5.74) is 0.957. The zero-order chi connectivity index (χ0) is 15.5. The van der Waals surface area contributed by atoms with Crippen LogP contribution in [0.2, 0.25) is 0 Å². The maximum Gasteiger partial charge on any atom is 0.305 e. The van der Waals surface area contributed by atoms with E-state index in [-0.39, 0.29) is 11.9 Å². The highest BCUT2D eigenvalue weighted by atomic mass is 16.5. The molecule has 1 rings (SSSR count). The van der Waals surface area contributed by atoms with E-state index in [1.165, 1.54) is 7.11 Å². The molecule has 1 amide bonds. The molecule has 0 aliphatic carbocycles. The number of esters is 1. The molecule has 21 heavy (non-hydrogen) atoms. The Bertz CT molecular complexity index is 442. The van der Waals surface area contributed by atoms with Crippen LogP contribution in [0.3, 0.4) is 0 Å². The molecule has 0 atom stereocenters. The molecule has 0 aliphatic heterocycles. The first-order valence-electron chi connectivity index (χ1n) is 7.12. The molecule has 5 nitrogen and oxygen atoms in total. The van der Waals surface area contributed by atoms with Crippen LogP contribution in [0.15, 0.2) is 24.3 Å². The molecule has 1 aromatic rings. The molecule has 0 bridgehead atoms. The van der Waals surface area contributed by atoms with Gasteiger partial charge in [0.2, 0.25) is 5.91 Å². The van der Waals surface area contributed by atoms with Crippen molar-refractivity contribution in [3.63, 3.8) is 0 Å². The molecule has 0 aromatic heterocycles. The standard InChI is InChI=1S/C16H23NO4/c1-20-14-9-7-13(8-10-14)12-15(18)17-11-5-3-4-6-16(19)21-2/h7-10H,3-6,11-12H2,1-2H3,(H,17,18). The van der Waals surface area contributed by atoms with Crippen LogP contribution in [0, 0.1) is 0 Å². The molecule has 1 aromatic carbocycles. The Morgan fingerprint density at radius 2 is 1.76 bits per heavy atom. The number of carbonyl (C=O) groups is 2. The third kappa shape index (κ3) is 7.34. The number of hydrogen-bond donors (Lipinski definition) is 1. The second-order valence-corrected chi connectivity index (χ2v) is 4.76. The summed E-state index contributed by atoms with van der Waals surface area (Å²) in [6.07, 6.45) is 3.37. The molecule has 0 radical (unpaired) electrons. The van der Waals surface area contributed by atoms with Gasteiger partial charge in [-0.3, -0.25) is 9.59 Å². The van der Waals surface area contributed by atoms with Gasteiger partial charge in [-0.15, -0.1) is 0 Å². The number of ether oxygens (including phenoxy) is 2. The van der Waals surface area contributed by atoms with Crippen molar-refractivity contribution in [2.24, 2.45) is 0 Å². The largest absolute Gasteiger partial charge is 0.497 e. The first-order valence-corrected chi connectivity index (χ1v) is 7.12. The van der Waals surface area contributed by atoms with E-state index in [9.17, 15) is 9.59 Å². The van der Waals surface area contributed by atoms with Crippen LogP contribution < -0.4 is 10.1 Å². The molecular weight excluding hydrogens is 270 g/mol. The number of rotatable bonds is 9. The van der Waals surface area contributed by atoms with Gasteiger partial charge in [-0.05, 0) is 30.5 Å². The Hall–Kier alpha value is -2.04. The van der Waals surface area contributed by atoms with Crippen molar-refractivity contribution in [3.8, 4) is 5.75 Å². The maximum atomic E-state index is 11.7. The summed E-state index contributed by atoms with van der Waals surface area (Å²) in [6.45, 7) is 0.635. The van der Waals surface area contributed by atoms with Crippen LogP contribution in [0.25, 0.3) is 0 Å². The molecule has 0 saturated heterocycles. The summed E-state index contributed by atoms with van der Waals surface area (Å²) < 4.78 is 9.63. The van der Waals surface area contributed by atoms with Crippen LogP contribution in [0.1, 0.15) is 31.2 Å². The van der Waals surface area contributed by atoms with Crippen molar-refractivity contribution in [2.75, 3.05) is 20.8 Å². The van der Waals surface area contributed by atoms with Crippen LogP contribution in [0.5, 0.6) is 5.75 Å². The molecule has 116 valence electrons. The second kappa shape index (κ2) is 9.80. The van der Waals surface area contributed by atoms with Crippen molar-refractivity contribution >= 4 is 11.9 Å². The topological polar surface area (TPSA) is 64.6 Å². The highest BCUT2D eigenvalue weighted by Crippen LogP contribution is 2.11. The number of methoxy groups -OCH3 is 2. The first kappa shape index (κ1) is 17.0. The summed E-state index contributed by atoms with van der Waals surface area (Å²) in [4.78, 5) is 22.6. The third-order valence-corrected chi connectivity index (χ3v) is 3.13. The Morgan fingerprint density at radius 3 is 2.38 bits per heavy atom. The van der Waals surface area contributed by atoms with Crippen LogP contribution in [0.4, 0.5) is 0 Å². The van der Waals surface area contributed by atoms with Gasteiger partial charge >= 0.3 is 5.97 Å². The highest BCUT2D eigenvalue weighted by Gasteiger charge is 2.03. The van der Waals surface area contributed by atoms with E-state index in [1.807, 2.05) is 24.3 Å². The summed E-state index contributed by atoms with van der Waals surface area (Å²) in [5, 5.41) is 2.88. The summed E-state index contributed by atoms with van der Waals surface area (Å²) in [5.74, 6) is 0.608. The number of benzene rings is 1. The number of unbranched alkanes of at least 4 members (excludes halogenated alkanes) is 2. The van der Waals surface area contributed by atoms with Gasteiger partial charge in [0.1, 0.15) is 5.75 Å². The lowest BCUT2D eigenvalue weighted by Crippen LogP contribution is -2.26. The van der Waals surface area contributed by atoms with Gasteiger partial charge in [0.05, 0.1) is 20.6 Å². The van der Waals surface area contributed by atoms with Crippen molar-refractivity contribution in [1.29, 1.82) is 0 Å². The molecular formula is C16H23NO4. The zero-order valence-electron chi connectivity index (χ0n) is 12.7. The average Bonchev–Trinajstić information content (AvgIpc) is 2.51. The fourth-order valence-corrected chi connectivity index (χ4v) is 1.89. The minimum atomic E-state index is -0.182. The van der Waals surface area contributed by atoms with Gasteiger partial charge in [0.25, 0.3) is 0 Å². The van der Waals surface area contributed by atoms with Gasteiger partial charge in [0, 0.05) is 13.0 Å². The molecule has 0 saturated carbocycles. The second-order valence-electron chi connectivity index (χ2n) is 4.76. The maximum absolute atomic E-state index is 11.7. The van der Waals surface area contributed by atoms with Crippen molar-refractivity contribution in [3.05, 3.63) is 29.8 Å². The number of nitrogens with one attached hydrogen (secondary N) is 1. The molecule has 0 fully saturated rings. The van der Waals surface area contributed by atoms with Gasteiger partial charge in [-0.2, -0.15) is 0 Å². The van der Waals surface area contributed by atoms with Crippen molar-refractivity contribution in [2.45, 2.75) is 32.1 Å². The Morgan fingerprint density at radius 1 is 1.05 bits per heavy atom. The van der Waals surface area contributed by atoms with Crippen LogP contribution in [-0.4, -0.2) is 32.6 Å². The Labute approximate surface area is 125 Å². The molecule has 1 N–H and O–H groups in total. The fourth-order valence-electron chi connectivity index (χ4n) is 1.89. The van der Waals surface area contributed by atoms with Crippen molar-refractivity contribution < 1.29 is 19.1 Å². The van der Waals surface area contributed by atoms with Crippen LogP contribution in [-0.2, 0) is 20.7 Å². The smallest absolute Gasteiger partial charge is 0.305 e. The predicted octanol–water partition coefficient (Wildman–Crippen LogP) is 2.09. The van der Waals surface area contributed by atoms with Gasteiger partial charge in [-0.25, -0.2) is 0 Å². The molecule has 0 unspecified atom stereocenters. The van der Waals surface area contributed by atoms with E-state index in [0.717, 1.165) is 30.6 Å². The van der Waals surface area contributed by atoms with E-state index in [0.29, 0.717) is 19.4 Å². The van der Waals surface area contributed by atoms with Gasteiger partial charge in [-0.1, -0.05) is 18.6 Å². The molecule has 0 aliphatic rings. The fraction of sp³-hybridized carbons (Fsp3) is 0.500. The van der Waals surface area contributed by atoms with E-state index in [4.69, 9.17) is 4.74 Å². The monoisotopic (exact) mass is 293 g/mol. The van der Waals surface area contributed by atoms with E-state index < -0.39 is 0 Å². The number of amides is 1. The Balaban J connectivity index is 2.12. The van der Waals surface area contributed by atoms with Crippen LogP contribution >= 0.6 is 0 Å². The Kier molecular flexibility index (Phi) is 7.94. The minimum absolute atomic E-state index is 0.00753. The summed E-state index contributed by atoms with van der Waals surface area (Å²) in [7, 11) is 3.00. The summed E-state index contributed by atoms with van der Waals surface area (Å²) >= 11 is 0. The van der Waals surface area contributed by atoms with Gasteiger partial charge < -0.3 is 14.8 Å². The summed E-state index contributed by atoms with van der Waals surface area (Å²) in [6, 6.07) is 7.45. The van der Waals surface area contributed by atoms with E-state index in [2.05, 4.69) is 10.1 Å². The molecule has 5 heteroatoms. The molecule has 0 heterocycles. The quantitative estimate of drug-likeness (QED) is 0.559. The average molecular weight is 293 g/mol. The predicted molar refractivity (Wildman–Crippen MR) is 80.2 cm³/mol. The lowest BCUT2D eigenvalue weighted by atomic mass is 10.1. The lowest BCUT2D eigenvalue weighted by Gasteiger charge is -2.06. The lowest BCUT2D eigenvalue weighted by molar-refractivity contribution is -0.140. The minimum Gasteiger partial charge on any atom is -0.497 e. The number of hydrogen-bond acceptors (Lipinski definition) is 4. The van der Waals surface area contributed by atoms with E-state index in [1.54, 1.807) is 7.11 Å². The van der Waals surface area contributed by atoms with E-state index >= 15 is 0 Å². The van der Waals surface area contributed by atoms with Crippen molar-refractivity contribution in [1.82, 2.24) is 5.32 Å². The first-order chi connectivity index (χ1) is 10.2. The zero-order valence-corrected chi connectivity index (χ0v) is 12.7.